The average Bonchev–Trinajstić information content (AvgIpc) is 2.49. The molecule has 0 bridgehead atoms. The predicted octanol–water partition coefficient (Wildman–Crippen LogP) is 4.53. The molecule has 0 atom stereocenters. The highest BCUT2D eigenvalue weighted by Gasteiger charge is 2.05. The largest absolute Gasteiger partial charge is 0.492 e. The number of aromatic nitrogens is 1. The quantitative estimate of drug-likeness (QED) is 0.703. The van der Waals surface area contributed by atoms with Crippen molar-refractivity contribution in [2.45, 2.75) is 26.4 Å². The third kappa shape index (κ3) is 4.70. The number of rotatable bonds is 7. The highest BCUT2D eigenvalue weighted by atomic mass is 19.3. The van der Waals surface area contributed by atoms with Crippen LogP contribution in [0.15, 0.2) is 42.6 Å². The molecule has 1 aromatic carbocycles. The van der Waals surface area contributed by atoms with Crippen LogP contribution >= 0.6 is 0 Å². The minimum absolute atomic E-state index is 0.133. The first kappa shape index (κ1) is 15.2. The van der Waals surface area contributed by atoms with Crippen molar-refractivity contribution in [3.63, 3.8) is 0 Å². The maximum Gasteiger partial charge on any atom is 0.387 e. The summed E-state index contributed by atoms with van der Waals surface area (Å²) in [5.41, 5.74) is 1.58. The van der Waals surface area contributed by atoms with Crippen molar-refractivity contribution in [2.24, 2.45) is 0 Å². The Balaban J connectivity index is 2.01. The molecule has 0 radical (unpaired) electrons. The van der Waals surface area contributed by atoms with Crippen LogP contribution < -0.4 is 9.47 Å². The molecule has 0 amide bonds. The fourth-order valence-corrected chi connectivity index (χ4v) is 1.78. The second-order valence-electron chi connectivity index (χ2n) is 4.48. The number of benzene rings is 1. The van der Waals surface area contributed by atoms with Gasteiger partial charge in [-0.3, -0.25) is 4.98 Å². The molecule has 0 saturated carbocycles. The molecular formula is C16H17F2NO2. The van der Waals surface area contributed by atoms with Crippen LogP contribution in [0, 0.1) is 0 Å². The lowest BCUT2D eigenvalue weighted by atomic mass is 10.1. The summed E-state index contributed by atoms with van der Waals surface area (Å²) in [6, 6.07) is 10.1. The van der Waals surface area contributed by atoms with Crippen LogP contribution in [-0.4, -0.2) is 18.2 Å². The van der Waals surface area contributed by atoms with Crippen LogP contribution in [0.5, 0.6) is 11.5 Å². The maximum atomic E-state index is 12.1. The van der Waals surface area contributed by atoms with E-state index in [1.807, 2.05) is 12.1 Å². The number of alkyl halides is 2. The molecule has 0 saturated heterocycles. The van der Waals surface area contributed by atoms with Gasteiger partial charge in [0.05, 0.1) is 18.5 Å². The van der Waals surface area contributed by atoms with E-state index >= 15 is 0 Å². The lowest BCUT2D eigenvalue weighted by molar-refractivity contribution is -0.0498. The van der Waals surface area contributed by atoms with Gasteiger partial charge in [-0.1, -0.05) is 13.3 Å². The molecule has 3 nitrogen and oxygen atoms in total. The second kappa shape index (κ2) is 7.57. The van der Waals surface area contributed by atoms with E-state index in [-0.39, 0.29) is 5.75 Å². The Morgan fingerprint density at radius 1 is 1.05 bits per heavy atom. The van der Waals surface area contributed by atoms with Crippen molar-refractivity contribution < 1.29 is 18.3 Å². The fraction of sp³-hybridized carbons (Fsp3) is 0.312. The van der Waals surface area contributed by atoms with E-state index in [0.717, 1.165) is 29.8 Å². The van der Waals surface area contributed by atoms with Crippen LogP contribution in [0.4, 0.5) is 8.78 Å². The van der Waals surface area contributed by atoms with Gasteiger partial charge in [-0.05, 0) is 42.8 Å². The van der Waals surface area contributed by atoms with E-state index in [4.69, 9.17) is 4.74 Å². The molecule has 2 rings (SSSR count). The second-order valence-corrected chi connectivity index (χ2v) is 4.48. The van der Waals surface area contributed by atoms with E-state index in [1.54, 1.807) is 18.3 Å². The highest BCUT2D eigenvalue weighted by molar-refractivity contribution is 5.60. The van der Waals surface area contributed by atoms with Crippen LogP contribution in [-0.2, 0) is 0 Å². The first-order valence-corrected chi connectivity index (χ1v) is 6.83. The molecule has 5 heteroatoms. The lowest BCUT2D eigenvalue weighted by Gasteiger charge is -2.07. The normalized spacial score (nSPS) is 10.7. The molecule has 0 spiro atoms. The zero-order valence-electron chi connectivity index (χ0n) is 11.8. The van der Waals surface area contributed by atoms with Gasteiger partial charge in [0, 0.05) is 5.56 Å². The van der Waals surface area contributed by atoms with Gasteiger partial charge in [0.1, 0.15) is 11.5 Å². The Bertz CT molecular complexity index is 541. The van der Waals surface area contributed by atoms with Crippen LogP contribution in [0.1, 0.15) is 19.8 Å². The molecule has 112 valence electrons. The number of pyridine rings is 1. The maximum absolute atomic E-state index is 12.1. The lowest BCUT2D eigenvalue weighted by Crippen LogP contribution is -2.01. The number of unbranched alkanes of at least 4 members (excludes halogenated alkanes) is 1. The summed E-state index contributed by atoms with van der Waals surface area (Å²) in [4.78, 5) is 4.30. The Kier molecular flexibility index (Phi) is 5.49. The summed E-state index contributed by atoms with van der Waals surface area (Å²) < 4.78 is 34.0. The molecule has 0 aliphatic rings. The minimum atomic E-state index is -2.81. The van der Waals surface area contributed by atoms with Crippen LogP contribution in [0.3, 0.4) is 0 Å². The van der Waals surface area contributed by atoms with Gasteiger partial charge in [-0.2, -0.15) is 8.78 Å². The number of nitrogens with zero attached hydrogens (tertiary/aromatic N) is 1. The summed E-state index contributed by atoms with van der Waals surface area (Å²) in [5.74, 6) is 0.859. The Labute approximate surface area is 122 Å². The average molecular weight is 293 g/mol. The van der Waals surface area contributed by atoms with Crippen molar-refractivity contribution in [1.29, 1.82) is 0 Å². The van der Waals surface area contributed by atoms with Crippen LogP contribution in [0.2, 0.25) is 0 Å². The van der Waals surface area contributed by atoms with Crippen molar-refractivity contribution in [2.75, 3.05) is 6.61 Å². The Morgan fingerprint density at radius 3 is 2.33 bits per heavy atom. The molecular weight excluding hydrogens is 276 g/mol. The molecule has 1 heterocycles. The van der Waals surface area contributed by atoms with Gasteiger partial charge in [-0.25, -0.2) is 0 Å². The number of halogens is 2. The van der Waals surface area contributed by atoms with E-state index in [0.29, 0.717) is 6.61 Å². The van der Waals surface area contributed by atoms with Gasteiger partial charge in [0.15, 0.2) is 0 Å². The third-order valence-corrected chi connectivity index (χ3v) is 2.88. The Hall–Kier alpha value is -2.17. The molecule has 0 fully saturated rings. The van der Waals surface area contributed by atoms with E-state index in [1.165, 1.54) is 12.1 Å². The van der Waals surface area contributed by atoms with E-state index < -0.39 is 6.61 Å². The third-order valence-electron chi connectivity index (χ3n) is 2.88. The van der Waals surface area contributed by atoms with E-state index in [9.17, 15) is 8.78 Å². The van der Waals surface area contributed by atoms with Crippen molar-refractivity contribution in [3.05, 3.63) is 42.6 Å². The highest BCUT2D eigenvalue weighted by Crippen LogP contribution is 2.23. The molecule has 0 aliphatic heterocycles. The minimum Gasteiger partial charge on any atom is -0.492 e. The monoisotopic (exact) mass is 293 g/mol. The van der Waals surface area contributed by atoms with E-state index in [2.05, 4.69) is 16.6 Å². The predicted molar refractivity (Wildman–Crippen MR) is 76.7 cm³/mol. The van der Waals surface area contributed by atoms with Gasteiger partial charge in [0.2, 0.25) is 0 Å². The SMILES string of the molecule is CCCCOc1ccc(-c2ccc(OC(F)F)cc2)nc1. The molecule has 0 N–H and O–H groups in total. The first-order chi connectivity index (χ1) is 10.2. The Morgan fingerprint density at radius 2 is 1.76 bits per heavy atom. The molecule has 2 aromatic rings. The molecule has 0 aliphatic carbocycles. The van der Waals surface area contributed by atoms with Gasteiger partial charge in [-0.15, -0.1) is 0 Å². The number of hydrogen-bond donors (Lipinski definition) is 0. The standard InChI is InChI=1S/C16H17F2NO2/c1-2-3-10-20-14-8-9-15(19-11-14)12-4-6-13(7-5-12)21-16(17)18/h4-9,11,16H,2-3,10H2,1H3. The zero-order valence-corrected chi connectivity index (χ0v) is 11.8. The fourth-order valence-electron chi connectivity index (χ4n) is 1.78. The van der Waals surface area contributed by atoms with Crippen molar-refractivity contribution in [1.82, 2.24) is 4.98 Å². The summed E-state index contributed by atoms with van der Waals surface area (Å²) >= 11 is 0. The van der Waals surface area contributed by atoms with Crippen molar-refractivity contribution >= 4 is 0 Å². The summed E-state index contributed by atoms with van der Waals surface area (Å²) in [6.45, 7) is -0.0305. The summed E-state index contributed by atoms with van der Waals surface area (Å²) in [5, 5.41) is 0. The first-order valence-electron chi connectivity index (χ1n) is 6.83. The van der Waals surface area contributed by atoms with Crippen LogP contribution in [0.25, 0.3) is 11.3 Å². The van der Waals surface area contributed by atoms with Gasteiger partial charge >= 0.3 is 6.61 Å². The zero-order chi connectivity index (χ0) is 15.1. The van der Waals surface area contributed by atoms with Gasteiger partial charge in [0.25, 0.3) is 0 Å². The molecule has 1 aromatic heterocycles. The number of hydrogen-bond acceptors (Lipinski definition) is 3. The van der Waals surface area contributed by atoms with Crippen molar-refractivity contribution in [3.8, 4) is 22.8 Å². The number of ether oxygens (including phenoxy) is 2. The summed E-state index contributed by atoms with van der Waals surface area (Å²) in [6.07, 6.45) is 3.75. The molecule has 21 heavy (non-hydrogen) atoms. The van der Waals surface area contributed by atoms with Gasteiger partial charge < -0.3 is 9.47 Å². The molecule has 0 unspecified atom stereocenters. The topological polar surface area (TPSA) is 31.4 Å². The smallest absolute Gasteiger partial charge is 0.387 e. The summed E-state index contributed by atoms with van der Waals surface area (Å²) in [7, 11) is 0.